The summed E-state index contributed by atoms with van der Waals surface area (Å²) < 4.78 is 6.65. The Morgan fingerprint density at radius 3 is 2.70 bits per heavy atom. The van der Waals surface area contributed by atoms with E-state index in [2.05, 4.69) is 10.3 Å². The Bertz CT molecular complexity index is 928. The smallest absolute Gasteiger partial charge is 0.307 e. The van der Waals surface area contributed by atoms with Crippen molar-refractivity contribution in [2.75, 3.05) is 12.9 Å². The second-order valence-electron chi connectivity index (χ2n) is 5.66. The van der Waals surface area contributed by atoms with Crippen molar-refractivity contribution in [1.82, 2.24) is 10.3 Å². The van der Waals surface area contributed by atoms with E-state index in [0.29, 0.717) is 10.6 Å². The maximum Gasteiger partial charge on any atom is 0.307 e. The molecule has 1 atom stereocenters. The van der Waals surface area contributed by atoms with Crippen LogP contribution in [0.2, 0.25) is 5.02 Å². The normalized spacial score (nSPS) is 11.9. The van der Waals surface area contributed by atoms with Gasteiger partial charge in [0.05, 0.1) is 35.5 Å². The number of carbonyl (C=O) groups excluding carboxylic acids is 2. The fourth-order valence-electron chi connectivity index (χ4n) is 2.52. The summed E-state index contributed by atoms with van der Waals surface area (Å²) in [6, 6.07) is 14.4. The number of nitrogens with zero attached hydrogens (tertiary/aromatic N) is 1. The molecule has 0 saturated carbocycles. The predicted octanol–water partition coefficient (Wildman–Crippen LogP) is 4.46. The molecule has 1 aromatic heterocycles. The summed E-state index contributed by atoms with van der Waals surface area (Å²) in [6.07, 6.45) is 0.0117. The molecule has 0 fully saturated rings. The number of hydrogen-bond donors (Lipinski definition) is 1. The van der Waals surface area contributed by atoms with Gasteiger partial charge in [-0.05, 0) is 23.8 Å². The van der Waals surface area contributed by atoms with Crippen molar-refractivity contribution in [2.45, 2.75) is 16.8 Å². The van der Waals surface area contributed by atoms with Crippen LogP contribution in [0.5, 0.6) is 0 Å². The summed E-state index contributed by atoms with van der Waals surface area (Å²) >= 11 is 9.14. The minimum atomic E-state index is -0.547. The Morgan fingerprint density at radius 1 is 1.22 bits per heavy atom. The van der Waals surface area contributed by atoms with Crippen LogP contribution in [0.3, 0.4) is 0 Å². The third-order valence-corrected chi connectivity index (χ3v) is 6.34. The number of amides is 1. The Kier molecular flexibility index (Phi) is 6.71. The molecule has 0 aliphatic carbocycles. The highest BCUT2D eigenvalue weighted by atomic mass is 35.5. The molecule has 0 saturated heterocycles. The third-order valence-electron chi connectivity index (χ3n) is 3.82. The molecular weight excluding hydrogens is 404 g/mol. The lowest BCUT2D eigenvalue weighted by Crippen LogP contribution is -2.31. The molecule has 0 aliphatic heterocycles. The highest BCUT2D eigenvalue weighted by Crippen LogP contribution is 2.30. The van der Waals surface area contributed by atoms with Crippen LogP contribution >= 0.6 is 34.7 Å². The number of methoxy groups -OCH3 is 1. The lowest BCUT2D eigenvalue weighted by molar-refractivity contribution is -0.141. The predicted molar refractivity (Wildman–Crippen MR) is 109 cm³/mol. The van der Waals surface area contributed by atoms with Crippen molar-refractivity contribution in [3.8, 4) is 0 Å². The minimum absolute atomic E-state index is 0.0117. The Morgan fingerprint density at radius 2 is 1.96 bits per heavy atom. The van der Waals surface area contributed by atoms with Gasteiger partial charge in [-0.2, -0.15) is 0 Å². The average Bonchev–Trinajstić information content (AvgIpc) is 3.09. The van der Waals surface area contributed by atoms with Crippen LogP contribution in [0, 0.1) is 0 Å². The fourth-order valence-corrected chi connectivity index (χ4v) is 4.67. The molecule has 0 aliphatic rings. The van der Waals surface area contributed by atoms with Crippen LogP contribution in [-0.4, -0.2) is 29.7 Å². The van der Waals surface area contributed by atoms with Gasteiger partial charge in [0.25, 0.3) is 0 Å². The first-order valence-corrected chi connectivity index (χ1v) is 10.3. The standard InChI is InChI=1S/C19H17ClN2O3S2/c1-25-18(24)10-15(12-6-2-3-7-13(12)20)21-17(23)11-26-19-22-14-8-4-5-9-16(14)27-19/h2-9,15H,10-11H2,1H3,(H,21,23). The second-order valence-corrected chi connectivity index (χ2v) is 8.32. The largest absolute Gasteiger partial charge is 0.469 e. The molecule has 3 rings (SSSR count). The van der Waals surface area contributed by atoms with Crippen LogP contribution in [-0.2, 0) is 14.3 Å². The van der Waals surface area contributed by atoms with E-state index in [1.54, 1.807) is 29.5 Å². The zero-order chi connectivity index (χ0) is 19.2. The summed E-state index contributed by atoms with van der Waals surface area (Å²) in [5.41, 5.74) is 1.60. The molecule has 5 nitrogen and oxygen atoms in total. The van der Waals surface area contributed by atoms with Crippen molar-refractivity contribution >= 4 is 56.8 Å². The molecule has 1 heterocycles. The maximum absolute atomic E-state index is 12.4. The number of thiazole rings is 1. The molecule has 2 aromatic carbocycles. The second kappa shape index (κ2) is 9.21. The number of carbonyl (C=O) groups is 2. The third kappa shape index (κ3) is 5.22. The lowest BCUT2D eigenvalue weighted by Gasteiger charge is -2.19. The number of rotatable bonds is 7. The van der Waals surface area contributed by atoms with Gasteiger partial charge in [0, 0.05) is 5.02 Å². The summed E-state index contributed by atoms with van der Waals surface area (Å²) in [7, 11) is 1.32. The van der Waals surface area contributed by atoms with Crippen molar-refractivity contribution in [3.63, 3.8) is 0 Å². The number of thioether (sulfide) groups is 1. The van der Waals surface area contributed by atoms with E-state index in [4.69, 9.17) is 16.3 Å². The molecule has 1 N–H and O–H groups in total. The van der Waals surface area contributed by atoms with Crippen molar-refractivity contribution in [1.29, 1.82) is 0 Å². The van der Waals surface area contributed by atoms with E-state index in [1.165, 1.54) is 18.9 Å². The first-order chi connectivity index (χ1) is 13.1. The van der Waals surface area contributed by atoms with Crippen LogP contribution in [0.4, 0.5) is 0 Å². The molecule has 1 amide bonds. The number of fused-ring (bicyclic) bond motifs is 1. The summed E-state index contributed by atoms with van der Waals surface area (Å²) in [5.74, 6) is -0.422. The highest BCUT2D eigenvalue weighted by molar-refractivity contribution is 8.01. The molecular formula is C19H17ClN2O3S2. The van der Waals surface area contributed by atoms with Gasteiger partial charge in [-0.3, -0.25) is 9.59 Å². The van der Waals surface area contributed by atoms with E-state index in [1.807, 2.05) is 30.3 Å². The average molecular weight is 421 g/mol. The van der Waals surface area contributed by atoms with E-state index >= 15 is 0 Å². The zero-order valence-electron chi connectivity index (χ0n) is 14.5. The number of esters is 1. The van der Waals surface area contributed by atoms with Gasteiger partial charge in [0.2, 0.25) is 5.91 Å². The van der Waals surface area contributed by atoms with Crippen LogP contribution in [0.15, 0.2) is 52.9 Å². The van der Waals surface area contributed by atoms with Gasteiger partial charge >= 0.3 is 5.97 Å². The Balaban J connectivity index is 1.66. The van der Waals surface area contributed by atoms with Gasteiger partial charge in [0.1, 0.15) is 0 Å². The number of aromatic nitrogens is 1. The van der Waals surface area contributed by atoms with Gasteiger partial charge < -0.3 is 10.1 Å². The highest BCUT2D eigenvalue weighted by Gasteiger charge is 2.21. The topological polar surface area (TPSA) is 68.3 Å². The minimum Gasteiger partial charge on any atom is -0.469 e. The van der Waals surface area contributed by atoms with E-state index in [0.717, 1.165) is 14.6 Å². The monoisotopic (exact) mass is 420 g/mol. The lowest BCUT2D eigenvalue weighted by atomic mass is 10.0. The maximum atomic E-state index is 12.4. The molecule has 0 spiro atoms. The molecule has 8 heteroatoms. The SMILES string of the molecule is COC(=O)CC(NC(=O)CSc1nc2ccccc2s1)c1ccccc1Cl. The number of nitrogens with one attached hydrogen (secondary N) is 1. The van der Waals surface area contributed by atoms with Gasteiger partial charge in [0.15, 0.2) is 4.34 Å². The number of ether oxygens (including phenoxy) is 1. The number of halogens is 1. The zero-order valence-corrected chi connectivity index (χ0v) is 16.9. The van der Waals surface area contributed by atoms with Gasteiger partial charge in [-0.15, -0.1) is 11.3 Å². The molecule has 140 valence electrons. The first-order valence-electron chi connectivity index (χ1n) is 8.16. The fraction of sp³-hybridized carbons (Fsp3) is 0.211. The number of para-hydroxylation sites is 1. The summed E-state index contributed by atoms with van der Waals surface area (Å²) in [4.78, 5) is 28.7. The van der Waals surface area contributed by atoms with Crippen molar-refractivity contribution < 1.29 is 14.3 Å². The molecule has 0 bridgehead atoms. The van der Waals surface area contributed by atoms with Gasteiger partial charge in [-0.25, -0.2) is 4.98 Å². The van der Waals surface area contributed by atoms with E-state index in [9.17, 15) is 9.59 Å². The van der Waals surface area contributed by atoms with Crippen molar-refractivity contribution in [2.24, 2.45) is 0 Å². The van der Waals surface area contributed by atoms with Gasteiger partial charge in [-0.1, -0.05) is 53.7 Å². The number of benzene rings is 2. The molecule has 1 unspecified atom stereocenters. The van der Waals surface area contributed by atoms with Crippen LogP contribution < -0.4 is 5.32 Å². The first kappa shape index (κ1) is 19.7. The van der Waals surface area contributed by atoms with Crippen molar-refractivity contribution in [3.05, 3.63) is 59.1 Å². The summed E-state index contributed by atoms with van der Waals surface area (Å²) in [6.45, 7) is 0. The Labute approximate surface area is 170 Å². The molecule has 27 heavy (non-hydrogen) atoms. The van der Waals surface area contributed by atoms with Crippen LogP contribution in [0.1, 0.15) is 18.0 Å². The van der Waals surface area contributed by atoms with E-state index < -0.39 is 12.0 Å². The molecule has 3 aromatic rings. The molecule has 0 radical (unpaired) electrons. The Hall–Kier alpha value is -2.09. The quantitative estimate of drug-likeness (QED) is 0.451. The van der Waals surface area contributed by atoms with Crippen LogP contribution in [0.25, 0.3) is 10.2 Å². The van der Waals surface area contributed by atoms with E-state index in [-0.39, 0.29) is 18.1 Å². The number of hydrogen-bond acceptors (Lipinski definition) is 6. The summed E-state index contributed by atoms with van der Waals surface area (Å²) in [5, 5.41) is 3.37.